The molecule has 0 fully saturated rings. The highest BCUT2D eigenvalue weighted by Crippen LogP contribution is 2.50. The lowest BCUT2D eigenvalue weighted by atomic mass is 9.87. The van der Waals surface area contributed by atoms with Gasteiger partial charge >= 0.3 is 11.9 Å². The first kappa shape index (κ1) is 42.4. The fraction of sp³-hybridized carbons (Fsp3) is 0.386. The van der Waals surface area contributed by atoms with Crippen molar-refractivity contribution in [3.8, 4) is 40.2 Å². The lowest BCUT2D eigenvalue weighted by Gasteiger charge is -2.27. The van der Waals surface area contributed by atoms with Crippen LogP contribution in [-0.2, 0) is 14.3 Å². The van der Waals surface area contributed by atoms with E-state index in [9.17, 15) is 39.9 Å². The number of phenolic OH excluding ortho intramolecular Hbond substituents is 3. The number of ketones is 1. The first-order chi connectivity index (χ1) is 26.9. The smallest absolute Gasteiger partial charge is 0.346 e. The van der Waals surface area contributed by atoms with E-state index in [1.54, 1.807) is 19.9 Å². The first-order valence-corrected chi connectivity index (χ1v) is 18.6. The summed E-state index contributed by atoms with van der Waals surface area (Å²) < 4.78 is 29.5. The Bertz CT molecular complexity index is 2190. The van der Waals surface area contributed by atoms with Crippen LogP contribution in [0.15, 0.2) is 48.5 Å². The fourth-order valence-electron chi connectivity index (χ4n) is 7.31. The Morgan fingerprint density at radius 1 is 0.772 bits per heavy atom. The van der Waals surface area contributed by atoms with E-state index in [2.05, 4.69) is 0 Å². The molecule has 0 radical (unpaired) electrons. The zero-order valence-electron chi connectivity index (χ0n) is 33.5. The molecule has 5 N–H and O–H groups in total. The van der Waals surface area contributed by atoms with E-state index in [4.69, 9.17) is 23.7 Å². The second-order valence-electron chi connectivity index (χ2n) is 15.2. The SMILES string of the molecule is COc1c([C@H](O)CC(C)C)ccc(O)c1C(=O)c1c(O)cc(C)cc1[C@@H]1OC(=O)c2c(ccc([C@@H](CC(C)C)OC(C)=O)c2OC)Oc2c(O)cc(C)cc2[C@@H]1O. The molecule has 0 aromatic heterocycles. The van der Waals surface area contributed by atoms with Gasteiger partial charge in [0.15, 0.2) is 17.6 Å². The zero-order valence-corrected chi connectivity index (χ0v) is 33.5. The van der Waals surface area contributed by atoms with Crippen LogP contribution in [0, 0.1) is 25.7 Å². The summed E-state index contributed by atoms with van der Waals surface area (Å²) in [5.41, 5.74) is 0.114. The maximum Gasteiger partial charge on any atom is 0.346 e. The van der Waals surface area contributed by atoms with Crippen molar-refractivity contribution in [2.45, 2.75) is 85.7 Å². The minimum atomic E-state index is -1.84. The van der Waals surface area contributed by atoms with E-state index in [1.165, 1.54) is 63.6 Å². The van der Waals surface area contributed by atoms with E-state index in [0.29, 0.717) is 29.5 Å². The molecule has 1 aliphatic rings. The molecule has 13 heteroatoms. The Kier molecular flexibility index (Phi) is 12.7. The Labute approximate surface area is 331 Å². The third-order valence-electron chi connectivity index (χ3n) is 9.67. The summed E-state index contributed by atoms with van der Waals surface area (Å²) in [4.78, 5) is 41.6. The predicted octanol–water partition coefficient (Wildman–Crippen LogP) is 8.14. The molecule has 57 heavy (non-hydrogen) atoms. The average Bonchev–Trinajstić information content (AvgIpc) is 3.16. The molecule has 0 saturated carbocycles. The van der Waals surface area contributed by atoms with Crippen molar-refractivity contribution in [2.24, 2.45) is 11.8 Å². The number of carbonyl (C=O) groups excluding carboxylic acids is 3. The normalized spacial score (nSPS) is 16.3. The van der Waals surface area contributed by atoms with Crippen LogP contribution in [0.3, 0.4) is 0 Å². The zero-order chi connectivity index (χ0) is 42.0. The third kappa shape index (κ3) is 8.64. The number of rotatable bonds is 12. The van der Waals surface area contributed by atoms with E-state index in [-0.39, 0.29) is 57.1 Å². The number of esters is 2. The molecule has 4 aromatic rings. The summed E-state index contributed by atoms with van der Waals surface area (Å²) >= 11 is 0. The highest BCUT2D eigenvalue weighted by Gasteiger charge is 2.40. The number of cyclic esters (lactones) is 1. The van der Waals surface area contributed by atoms with Gasteiger partial charge in [0.2, 0.25) is 5.78 Å². The number of aromatic hydroxyl groups is 3. The number of benzene rings is 4. The van der Waals surface area contributed by atoms with Crippen LogP contribution >= 0.6 is 0 Å². The van der Waals surface area contributed by atoms with Crippen molar-refractivity contribution in [1.29, 1.82) is 0 Å². The molecule has 0 spiro atoms. The molecule has 304 valence electrons. The number of carbonyl (C=O) groups is 3. The van der Waals surface area contributed by atoms with Crippen molar-refractivity contribution in [2.75, 3.05) is 14.2 Å². The van der Waals surface area contributed by atoms with Gasteiger partial charge in [-0.15, -0.1) is 0 Å². The van der Waals surface area contributed by atoms with Crippen LogP contribution in [0.4, 0.5) is 0 Å². The van der Waals surface area contributed by atoms with Crippen molar-refractivity contribution in [1.82, 2.24) is 0 Å². The number of aliphatic hydroxyl groups excluding tert-OH is 2. The fourth-order valence-corrected chi connectivity index (χ4v) is 7.31. The molecule has 0 amide bonds. The van der Waals surface area contributed by atoms with Gasteiger partial charge in [-0.3, -0.25) is 9.59 Å². The van der Waals surface area contributed by atoms with Crippen LogP contribution in [-0.4, -0.2) is 57.5 Å². The van der Waals surface area contributed by atoms with E-state index >= 15 is 0 Å². The van der Waals surface area contributed by atoms with Crippen molar-refractivity contribution in [3.63, 3.8) is 0 Å². The summed E-state index contributed by atoms with van der Waals surface area (Å²) in [5.74, 6) is -4.59. The molecule has 4 aromatic carbocycles. The predicted molar refractivity (Wildman–Crippen MR) is 208 cm³/mol. The van der Waals surface area contributed by atoms with Gasteiger partial charge in [-0.05, 0) is 92.1 Å². The second-order valence-corrected chi connectivity index (χ2v) is 15.2. The van der Waals surface area contributed by atoms with E-state index in [0.717, 1.165) is 0 Å². The average molecular weight is 787 g/mol. The maximum atomic E-state index is 14.8. The molecule has 0 saturated heterocycles. The molecule has 1 aliphatic heterocycles. The highest BCUT2D eigenvalue weighted by molar-refractivity contribution is 6.15. The van der Waals surface area contributed by atoms with E-state index in [1.807, 2.05) is 27.7 Å². The van der Waals surface area contributed by atoms with Crippen molar-refractivity contribution < 1.29 is 63.6 Å². The molecule has 5 rings (SSSR count). The van der Waals surface area contributed by atoms with E-state index < -0.39 is 70.5 Å². The van der Waals surface area contributed by atoms with Crippen LogP contribution in [0.25, 0.3) is 0 Å². The number of aryl methyl sites for hydroxylation is 2. The monoisotopic (exact) mass is 786 g/mol. The lowest BCUT2D eigenvalue weighted by Crippen LogP contribution is -2.22. The number of aliphatic hydroxyl groups is 2. The van der Waals surface area contributed by atoms with Gasteiger partial charge in [-0.2, -0.15) is 0 Å². The van der Waals surface area contributed by atoms with Gasteiger partial charge in [0.05, 0.1) is 25.9 Å². The van der Waals surface area contributed by atoms with Crippen LogP contribution < -0.4 is 14.2 Å². The Morgan fingerprint density at radius 3 is 1.96 bits per heavy atom. The first-order valence-electron chi connectivity index (χ1n) is 18.6. The number of phenols is 3. The van der Waals surface area contributed by atoms with Crippen LogP contribution in [0.5, 0.6) is 40.2 Å². The van der Waals surface area contributed by atoms with Gasteiger partial charge in [0, 0.05) is 29.2 Å². The van der Waals surface area contributed by atoms with Gasteiger partial charge in [0.1, 0.15) is 52.1 Å². The maximum absolute atomic E-state index is 14.8. The lowest BCUT2D eigenvalue weighted by molar-refractivity contribution is -0.147. The summed E-state index contributed by atoms with van der Waals surface area (Å²) in [5, 5.41) is 57.3. The number of hydrogen-bond donors (Lipinski definition) is 5. The number of ether oxygens (including phenoxy) is 5. The Morgan fingerprint density at radius 2 is 1.37 bits per heavy atom. The minimum Gasteiger partial charge on any atom is -0.507 e. The van der Waals surface area contributed by atoms with Gasteiger partial charge in [-0.25, -0.2) is 4.79 Å². The quantitative estimate of drug-likeness (QED) is 0.0682. The summed E-state index contributed by atoms with van der Waals surface area (Å²) in [6.45, 7) is 12.2. The van der Waals surface area contributed by atoms with Crippen molar-refractivity contribution >= 4 is 17.7 Å². The number of methoxy groups -OCH3 is 2. The molecule has 0 aliphatic carbocycles. The molecular formula is C44H50O13. The van der Waals surface area contributed by atoms with Crippen molar-refractivity contribution in [3.05, 3.63) is 98.6 Å². The third-order valence-corrected chi connectivity index (χ3v) is 9.67. The molecule has 0 unspecified atom stereocenters. The van der Waals surface area contributed by atoms with Gasteiger partial charge in [0.25, 0.3) is 0 Å². The van der Waals surface area contributed by atoms with Gasteiger partial charge < -0.3 is 49.2 Å². The molecule has 4 atom stereocenters. The molecule has 13 nitrogen and oxygen atoms in total. The topological polar surface area (TPSA) is 199 Å². The second kappa shape index (κ2) is 17.1. The highest BCUT2D eigenvalue weighted by atomic mass is 16.6. The summed E-state index contributed by atoms with van der Waals surface area (Å²) in [6.07, 6.45) is -4.90. The number of fused-ring (bicyclic) bond motifs is 2. The van der Waals surface area contributed by atoms with Gasteiger partial charge in [-0.1, -0.05) is 33.8 Å². The van der Waals surface area contributed by atoms with Crippen LogP contribution in [0.2, 0.25) is 0 Å². The largest absolute Gasteiger partial charge is 0.507 e. The minimum absolute atomic E-state index is 0.0302. The Hall–Kier alpha value is -5.79. The summed E-state index contributed by atoms with van der Waals surface area (Å²) in [6, 6.07) is 11.3. The summed E-state index contributed by atoms with van der Waals surface area (Å²) in [7, 11) is 2.58. The Balaban J connectivity index is 1.80. The standard InChI is InChI=1S/C44H50O13/c1-20(2)14-30(47)25-10-12-29(46)36(41(25)53-8)39(51)35-27(16-22(5)18-31(35)48)43-38(50)28-17-23(6)19-32(49)40(28)56-33-13-11-26(34(15-21(3)4)55-24(7)45)42(54-9)37(33)44(52)57-43/h10-13,16-21,30,34,38,43,46-50H,14-15H2,1-9H3/t30-,34-,38+,43+/m1/s1. The molecule has 1 heterocycles. The van der Waals surface area contributed by atoms with Crippen LogP contribution in [0.1, 0.15) is 132 Å². The number of hydrogen-bond acceptors (Lipinski definition) is 13. The molecule has 0 bridgehead atoms. The molecular weight excluding hydrogens is 736 g/mol.